The summed E-state index contributed by atoms with van der Waals surface area (Å²) in [4.78, 5) is 7.10. The fourth-order valence-corrected chi connectivity index (χ4v) is 1.98. The second-order valence-electron chi connectivity index (χ2n) is 3.38. The molecule has 0 saturated heterocycles. The lowest BCUT2D eigenvalue weighted by Gasteiger charge is -1.99. The Kier molecular flexibility index (Phi) is 3.06. The number of aromatic nitrogens is 2. The van der Waals surface area contributed by atoms with E-state index in [2.05, 4.69) is 38.0 Å². The van der Waals surface area contributed by atoms with Crippen LogP contribution in [0.1, 0.15) is 11.3 Å². The third-order valence-corrected chi connectivity index (χ3v) is 2.91. The van der Waals surface area contributed by atoms with E-state index in [1.807, 2.05) is 18.2 Å². The first-order valence-corrected chi connectivity index (χ1v) is 5.59. The van der Waals surface area contributed by atoms with E-state index < -0.39 is 0 Å². The van der Waals surface area contributed by atoms with Crippen LogP contribution in [-0.2, 0) is 12.8 Å². The molecule has 3 N–H and O–H groups in total. The fourth-order valence-electron chi connectivity index (χ4n) is 1.49. The Morgan fingerprint density at radius 3 is 2.53 bits per heavy atom. The van der Waals surface area contributed by atoms with Crippen LogP contribution in [0.15, 0.2) is 34.9 Å². The van der Waals surface area contributed by atoms with Crippen molar-refractivity contribution in [2.75, 3.05) is 5.73 Å². The molecule has 0 aliphatic carbocycles. The molecule has 0 bridgehead atoms. The minimum atomic E-state index is 0.463. The number of nitrogen functional groups attached to an aromatic ring is 1. The van der Waals surface area contributed by atoms with E-state index in [1.165, 1.54) is 5.56 Å². The van der Waals surface area contributed by atoms with Gasteiger partial charge < -0.3 is 10.7 Å². The van der Waals surface area contributed by atoms with Crippen LogP contribution < -0.4 is 5.73 Å². The van der Waals surface area contributed by atoms with Crippen molar-refractivity contribution >= 4 is 21.9 Å². The van der Waals surface area contributed by atoms with E-state index in [-0.39, 0.29) is 0 Å². The van der Waals surface area contributed by atoms with Gasteiger partial charge in [0.15, 0.2) is 5.95 Å². The van der Waals surface area contributed by atoms with Gasteiger partial charge >= 0.3 is 0 Å². The zero-order chi connectivity index (χ0) is 10.7. The molecule has 2 aromatic rings. The molecule has 1 aromatic carbocycles. The summed E-state index contributed by atoms with van der Waals surface area (Å²) >= 11 is 3.37. The van der Waals surface area contributed by atoms with E-state index in [9.17, 15) is 0 Å². The zero-order valence-corrected chi connectivity index (χ0v) is 9.79. The number of H-pyrrole nitrogens is 1. The van der Waals surface area contributed by atoms with Crippen LogP contribution >= 0.6 is 15.9 Å². The molecule has 0 atom stereocenters. The Labute approximate surface area is 96.9 Å². The first kappa shape index (κ1) is 10.2. The fraction of sp³-hybridized carbons (Fsp3) is 0.182. The Morgan fingerprint density at radius 1 is 1.20 bits per heavy atom. The van der Waals surface area contributed by atoms with Crippen LogP contribution in [-0.4, -0.2) is 9.97 Å². The number of rotatable bonds is 3. The molecule has 3 nitrogen and oxygen atoms in total. The number of nitrogens with one attached hydrogen (secondary N) is 1. The van der Waals surface area contributed by atoms with Crippen molar-refractivity contribution in [3.63, 3.8) is 0 Å². The van der Waals surface area contributed by atoms with Gasteiger partial charge in [0.25, 0.3) is 0 Å². The maximum Gasteiger partial charge on any atom is 0.198 e. The van der Waals surface area contributed by atoms with E-state index in [4.69, 9.17) is 5.73 Å². The normalized spacial score (nSPS) is 10.5. The Morgan fingerprint density at radius 2 is 1.93 bits per heavy atom. The summed E-state index contributed by atoms with van der Waals surface area (Å²) in [6, 6.07) is 10.4. The number of imidazole rings is 1. The van der Waals surface area contributed by atoms with Crippen LogP contribution in [0.3, 0.4) is 0 Å². The van der Waals surface area contributed by atoms with Gasteiger partial charge in [-0.15, -0.1) is 0 Å². The van der Waals surface area contributed by atoms with Crippen molar-refractivity contribution in [1.82, 2.24) is 9.97 Å². The molecule has 0 saturated carbocycles. The van der Waals surface area contributed by atoms with Gasteiger partial charge in [0, 0.05) is 0 Å². The summed E-state index contributed by atoms with van der Waals surface area (Å²) < 4.78 is 0.816. The monoisotopic (exact) mass is 265 g/mol. The highest BCUT2D eigenvalue weighted by atomic mass is 79.9. The number of halogens is 1. The number of nitrogens with two attached hydrogens (primary N) is 1. The molecule has 0 unspecified atom stereocenters. The molecule has 1 heterocycles. The summed E-state index contributed by atoms with van der Waals surface area (Å²) in [7, 11) is 0. The van der Waals surface area contributed by atoms with E-state index in [0.717, 1.165) is 23.1 Å². The highest BCUT2D eigenvalue weighted by Crippen LogP contribution is 2.16. The predicted octanol–water partition coefficient (Wildman–Crippen LogP) is 2.54. The summed E-state index contributed by atoms with van der Waals surface area (Å²) in [5.41, 5.74) is 7.92. The standard InChI is InChI=1S/C11H12BrN3/c12-10-9(14-11(13)15-10)7-6-8-4-2-1-3-5-8/h1-5H,6-7H2,(H3,13,14,15). The van der Waals surface area contributed by atoms with Crippen LogP contribution in [0, 0.1) is 0 Å². The maximum absolute atomic E-state index is 5.55. The SMILES string of the molecule is Nc1nc(Br)c(CCc2ccccc2)[nH]1. The lowest BCUT2D eigenvalue weighted by Crippen LogP contribution is -1.92. The largest absolute Gasteiger partial charge is 0.369 e. The van der Waals surface area contributed by atoms with Gasteiger partial charge in [-0.1, -0.05) is 30.3 Å². The van der Waals surface area contributed by atoms with Crippen molar-refractivity contribution in [1.29, 1.82) is 0 Å². The first-order valence-electron chi connectivity index (χ1n) is 4.79. The van der Waals surface area contributed by atoms with Crippen molar-refractivity contribution in [2.24, 2.45) is 0 Å². The quantitative estimate of drug-likeness (QED) is 0.896. The van der Waals surface area contributed by atoms with Crippen molar-refractivity contribution in [3.8, 4) is 0 Å². The summed E-state index contributed by atoms with van der Waals surface area (Å²) in [6.45, 7) is 0. The number of anilines is 1. The third-order valence-electron chi connectivity index (χ3n) is 2.25. The molecule has 0 spiro atoms. The van der Waals surface area contributed by atoms with Gasteiger partial charge in [-0.3, -0.25) is 0 Å². The van der Waals surface area contributed by atoms with Crippen LogP contribution in [0.2, 0.25) is 0 Å². The Balaban J connectivity index is 2.02. The number of aromatic amines is 1. The molecule has 78 valence electrons. The number of aryl methyl sites for hydroxylation is 2. The molecular formula is C11H12BrN3. The van der Waals surface area contributed by atoms with E-state index in [0.29, 0.717) is 5.95 Å². The molecule has 0 fully saturated rings. The van der Waals surface area contributed by atoms with Gasteiger partial charge in [-0.05, 0) is 34.3 Å². The highest BCUT2D eigenvalue weighted by molar-refractivity contribution is 9.10. The van der Waals surface area contributed by atoms with E-state index in [1.54, 1.807) is 0 Å². The average molecular weight is 266 g/mol. The molecule has 0 aliphatic rings. The Bertz CT molecular complexity index is 436. The first-order chi connectivity index (χ1) is 7.25. The van der Waals surface area contributed by atoms with Crippen molar-refractivity contribution in [2.45, 2.75) is 12.8 Å². The molecule has 4 heteroatoms. The molecular weight excluding hydrogens is 254 g/mol. The molecule has 1 aromatic heterocycles. The van der Waals surface area contributed by atoms with Gasteiger partial charge in [0.05, 0.1) is 5.69 Å². The topological polar surface area (TPSA) is 54.7 Å². The van der Waals surface area contributed by atoms with E-state index >= 15 is 0 Å². The minimum absolute atomic E-state index is 0.463. The van der Waals surface area contributed by atoms with Gasteiger partial charge in [0.2, 0.25) is 0 Å². The zero-order valence-electron chi connectivity index (χ0n) is 8.20. The number of nitrogens with zero attached hydrogens (tertiary/aromatic N) is 1. The molecule has 2 rings (SSSR count). The van der Waals surface area contributed by atoms with Crippen molar-refractivity contribution in [3.05, 3.63) is 46.2 Å². The summed E-state index contributed by atoms with van der Waals surface area (Å²) in [5.74, 6) is 0.463. The lowest BCUT2D eigenvalue weighted by atomic mass is 10.1. The molecule has 0 radical (unpaired) electrons. The average Bonchev–Trinajstić information content (AvgIpc) is 2.56. The molecule has 0 amide bonds. The van der Waals surface area contributed by atoms with Crippen LogP contribution in [0.5, 0.6) is 0 Å². The molecule has 15 heavy (non-hydrogen) atoms. The number of hydrogen-bond acceptors (Lipinski definition) is 2. The smallest absolute Gasteiger partial charge is 0.198 e. The highest BCUT2D eigenvalue weighted by Gasteiger charge is 2.05. The van der Waals surface area contributed by atoms with Gasteiger partial charge in [-0.25, -0.2) is 4.98 Å². The second kappa shape index (κ2) is 4.49. The van der Waals surface area contributed by atoms with Gasteiger partial charge in [0.1, 0.15) is 4.60 Å². The van der Waals surface area contributed by atoms with Crippen LogP contribution in [0.25, 0.3) is 0 Å². The minimum Gasteiger partial charge on any atom is -0.369 e. The summed E-state index contributed by atoms with van der Waals surface area (Å²) in [6.07, 6.45) is 1.90. The van der Waals surface area contributed by atoms with Crippen LogP contribution in [0.4, 0.5) is 5.95 Å². The second-order valence-corrected chi connectivity index (χ2v) is 4.13. The Hall–Kier alpha value is -1.29. The number of hydrogen-bond donors (Lipinski definition) is 2. The molecule has 0 aliphatic heterocycles. The predicted molar refractivity (Wildman–Crippen MR) is 64.6 cm³/mol. The number of benzene rings is 1. The maximum atomic E-state index is 5.55. The summed E-state index contributed by atoms with van der Waals surface area (Å²) in [5, 5.41) is 0. The third kappa shape index (κ3) is 2.59. The lowest BCUT2D eigenvalue weighted by molar-refractivity contribution is 0.920. The van der Waals surface area contributed by atoms with Crippen molar-refractivity contribution < 1.29 is 0 Å². The van der Waals surface area contributed by atoms with Gasteiger partial charge in [-0.2, -0.15) is 0 Å².